The third-order valence-corrected chi connectivity index (χ3v) is 4.09. The van der Waals surface area contributed by atoms with Crippen LogP contribution in [0.4, 0.5) is 10.1 Å². The van der Waals surface area contributed by atoms with E-state index in [1.54, 1.807) is 18.2 Å². The van der Waals surface area contributed by atoms with Crippen LogP contribution in [0, 0.1) is 19.7 Å². The molecule has 122 valence electrons. The molecule has 0 saturated carbocycles. The Balaban J connectivity index is 2.02. The molecule has 23 heavy (non-hydrogen) atoms. The van der Waals surface area contributed by atoms with E-state index >= 15 is 0 Å². The fourth-order valence-corrected chi connectivity index (χ4v) is 2.43. The summed E-state index contributed by atoms with van der Waals surface area (Å²) in [6.07, 6.45) is 0. The van der Waals surface area contributed by atoms with E-state index in [9.17, 15) is 9.18 Å². The molecule has 4 heteroatoms. The van der Waals surface area contributed by atoms with Crippen LogP contribution in [0.1, 0.15) is 23.6 Å². The first-order valence-corrected chi connectivity index (χ1v) is 7.70. The maximum Gasteiger partial charge on any atom is 0.241 e. The molecular weight excluding hydrogens is 291 g/mol. The lowest BCUT2D eigenvalue weighted by Crippen LogP contribution is -2.39. The monoisotopic (exact) mass is 314 g/mol. The van der Waals surface area contributed by atoms with Crippen LogP contribution in [-0.2, 0) is 11.3 Å². The summed E-state index contributed by atoms with van der Waals surface area (Å²) in [6, 6.07) is 12.1. The van der Waals surface area contributed by atoms with Crippen molar-refractivity contribution in [2.75, 3.05) is 12.4 Å². The van der Waals surface area contributed by atoms with Crippen molar-refractivity contribution in [1.82, 2.24) is 4.90 Å². The molecule has 2 aromatic rings. The Morgan fingerprint density at radius 3 is 2.57 bits per heavy atom. The van der Waals surface area contributed by atoms with Crippen LogP contribution in [0.25, 0.3) is 0 Å². The first-order valence-electron chi connectivity index (χ1n) is 7.70. The van der Waals surface area contributed by atoms with E-state index in [4.69, 9.17) is 0 Å². The SMILES string of the molecule is Cc1ccc(CN(C)C(C)C(=O)Nc2ccccc2F)c(C)c1. The number of likely N-dealkylation sites (N-methyl/N-ethyl adjacent to an activating group) is 1. The van der Waals surface area contributed by atoms with E-state index in [1.807, 2.05) is 18.9 Å². The van der Waals surface area contributed by atoms with Gasteiger partial charge in [0.05, 0.1) is 11.7 Å². The van der Waals surface area contributed by atoms with Gasteiger partial charge in [0, 0.05) is 6.54 Å². The molecule has 2 aromatic carbocycles. The van der Waals surface area contributed by atoms with Crippen LogP contribution in [0.15, 0.2) is 42.5 Å². The molecule has 1 N–H and O–H groups in total. The average molecular weight is 314 g/mol. The highest BCUT2D eigenvalue weighted by Crippen LogP contribution is 2.16. The van der Waals surface area contributed by atoms with Crippen molar-refractivity contribution in [1.29, 1.82) is 0 Å². The van der Waals surface area contributed by atoms with E-state index in [0.29, 0.717) is 6.54 Å². The van der Waals surface area contributed by atoms with Gasteiger partial charge in [-0.2, -0.15) is 0 Å². The van der Waals surface area contributed by atoms with Crippen molar-refractivity contribution in [3.63, 3.8) is 0 Å². The fourth-order valence-electron chi connectivity index (χ4n) is 2.43. The van der Waals surface area contributed by atoms with E-state index in [2.05, 4.69) is 37.4 Å². The van der Waals surface area contributed by atoms with Gasteiger partial charge >= 0.3 is 0 Å². The van der Waals surface area contributed by atoms with E-state index in [0.717, 1.165) is 0 Å². The van der Waals surface area contributed by atoms with Gasteiger partial charge in [0.1, 0.15) is 5.82 Å². The number of carbonyl (C=O) groups is 1. The Morgan fingerprint density at radius 1 is 1.22 bits per heavy atom. The largest absolute Gasteiger partial charge is 0.322 e. The number of benzene rings is 2. The first-order chi connectivity index (χ1) is 10.9. The molecule has 0 aliphatic rings. The minimum atomic E-state index is -0.426. The summed E-state index contributed by atoms with van der Waals surface area (Å²) in [5.41, 5.74) is 3.82. The maximum atomic E-state index is 13.6. The van der Waals surface area contributed by atoms with Crippen molar-refractivity contribution in [3.8, 4) is 0 Å². The van der Waals surface area contributed by atoms with Crippen molar-refractivity contribution in [2.45, 2.75) is 33.4 Å². The minimum absolute atomic E-state index is 0.212. The van der Waals surface area contributed by atoms with Crippen LogP contribution in [0.3, 0.4) is 0 Å². The summed E-state index contributed by atoms with van der Waals surface area (Å²) in [6.45, 7) is 6.61. The summed E-state index contributed by atoms with van der Waals surface area (Å²) in [5.74, 6) is -0.646. The fraction of sp³-hybridized carbons (Fsp3) is 0.316. The molecule has 0 heterocycles. The molecule has 0 saturated heterocycles. The minimum Gasteiger partial charge on any atom is -0.322 e. The molecule has 1 atom stereocenters. The van der Waals surface area contributed by atoms with Gasteiger partial charge in [-0.1, -0.05) is 35.9 Å². The number of nitrogens with one attached hydrogen (secondary N) is 1. The van der Waals surface area contributed by atoms with Crippen molar-refractivity contribution in [3.05, 3.63) is 65.0 Å². The number of nitrogens with zero attached hydrogens (tertiary/aromatic N) is 1. The topological polar surface area (TPSA) is 32.3 Å². The second-order valence-electron chi connectivity index (χ2n) is 5.99. The van der Waals surface area contributed by atoms with Crippen LogP contribution in [0.2, 0.25) is 0 Å². The Labute approximate surface area is 137 Å². The second kappa shape index (κ2) is 7.38. The smallest absolute Gasteiger partial charge is 0.241 e. The summed E-state index contributed by atoms with van der Waals surface area (Å²) in [5, 5.41) is 2.64. The number of hydrogen-bond acceptors (Lipinski definition) is 2. The third kappa shape index (κ3) is 4.39. The lowest BCUT2D eigenvalue weighted by atomic mass is 10.0. The molecular formula is C19H23FN2O. The van der Waals surface area contributed by atoms with Gasteiger partial charge in [-0.15, -0.1) is 0 Å². The zero-order chi connectivity index (χ0) is 17.0. The summed E-state index contributed by atoms with van der Waals surface area (Å²) < 4.78 is 13.6. The Morgan fingerprint density at radius 2 is 1.91 bits per heavy atom. The lowest BCUT2D eigenvalue weighted by molar-refractivity contribution is -0.120. The molecule has 0 aliphatic carbocycles. The lowest BCUT2D eigenvalue weighted by Gasteiger charge is -2.25. The molecule has 1 amide bonds. The van der Waals surface area contributed by atoms with Gasteiger partial charge in [-0.25, -0.2) is 4.39 Å². The normalized spacial score (nSPS) is 12.3. The van der Waals surface area contributed by atoms with Crippen molar-refractivity contribution < 1.29 is 9.18 Å². The standard InChI is InChI=1S/C19H23FN2O/c1-13-9-10-16(14(2)11-13)12-22(4)15(3)19(23)21-18-8-6-5-7-17(18)20/h5-11,15H,12H2,1-4H3,(H,21,23). The van der Waals surface area contributed by atoms with E-state index in [-0.39, 0.29) is 17.6 Å². The molecule has 0 fully saturated rings. The highest BCUT2D eigenvalue weighted by molar-refractivity contribution is 5.94. The van der Waals surface area contributed by atoms with Crippen LogP contribution in [0.5, 0.6) is 0 Å². The average Bonchev–Trinajstić information content (AvgIpc) is 2.51. The van der Waals surface area contributed by atoms with E-state index in [1.165, 1.54) is 22.8 Å². The number of amides is 1. The molecule has 0 aromatic heterocycles. The number of carbonyl (C=O) groups excluding carboxylic acids is 1. The quantitative estimate of drug-likeness (QED) is 0.908. The van der Waals surface area contributed by atoms with Crippen molar-refractivity contribution in [2.24, 2.45) is 0 Å². The van der Waals surface area contributed by atoms with Crippen LogP contribution >= 0.6 is 0 Å². The summed E-state index contributed by atoms with van der Waals surface area (Å²) >= 11 is 0. The van der Waals surface area contributed by atoms with Crippen LogP contribution < -0.4 is 5.32 Å². The number of anilines is 1. The number of hydrogen-bond donors (Lipinski definition) is 1. The molecule has 0 bridgehead atoms. The highest BCUT2D eigenvalue weighted by atomic mass is 19.1. The molecule has 3 nitrogen and oxygen atoms in total. The zero-order valence-corrected chi connectivity index (χ0v) is 14.1. The molecule has 2 rings (SSSR count). The van der Waals surface area contributed by atoms with Gasteiger partial charge in [0.15, 0.2) is 0 Å². The van der Waals surface area contributed by atoms with Crippen molar-refractivity contribution >= 4 is 11.6 Å². The number of rotatable bonds is 5. The van der Waals surface area contributed by atoms with Gasteiger partial charge in [0.2, 0.25) is 5.91 Å². The van der Waals surface area contributed by atoms with E-state index < -0.39 is 5.82 Å². The molecule has 0 spiro atoms. The zero-order valence-electron chi connectivity index (χ0n) is 14.1. The highest BCUT2D eigenvalue weighted by Gasteiger charge is 2.19. The summed E-state index contributed by atoms with van der Waals surface area (Å²) in [7, 11) is 1.89. The predicted molar refractivity (Wildman–Crippen MR) is 91.9 cm³/mol. The predicted octanol–water partition coefficient (Wildman–Crippen LogP) is 3.90. The number of halogens is 1. The van der Waals surface area contributed by atoms with Gasteiger partial charge in [-0.3, -0.25) is 9.69 Å². The molecule has 0 radical (unpaired) electrons. The third-order valence-electron chi connectivity index (χ3n) is 4.09. The molecule has 1 unspecified atom stereocenters. The first kappa shape index (κ1) is 17.2. The second-order valence-corrected chi connectivity index (χ2v) is 5.99. The number of para-hydroxylation sites is 1. The van der Waals surface area contributed by atoms with Gasteiger partial charge in [-0.05, 0) is 51.1 Å². The maximum absolute atomic E-state index is 13.6. The Bertz CT molecular complexity index is 700. The Kier molecular flexibility index (Phi) is 5.50. The van der Waals surface area contributed by atoms with Gasteiger partial charge < -0.3 is 5.32 Å². The number of aryl methyl sites for hydroxylation is 2. The van der Waals surface area contributed by atoms with Crippen LogP contribution in [-0.4, -0.2) is 23.9 Å². The molecule has 0 aliphatic heterocycles. The van der Waals surface area contributed by atoms with Gasteiger partial charge in [0.25, 0.3) is 0 Å². The summed E-state index contributed by atoms with van der Waals surface area (Å²) in [4.78, 5) is 14.3. The Hall–Kier alpha value is -2.20.